The summed E-state index contributed by atoms with van der Waals surface area (Å²) in [6.07, 6.45) is 1.97. The first-order valence-corrected chi connectivity index (χ1v) is 7.71. The number of carbonyl (C=O) groups is 2. The molecule has 1 rings (SSSR count). The van der Waals surface area contributed by atoms with Crippen molar-refractivity contribution in [3.8, 4) is 0 Å². The van der Waals surface area contributed by atoms with Crippen LogP contribution in [0.1, 0.15) is 42.0 Å². The van der Waals surface area contributed by atoms with Crippen LogP contribution in [-0.4, -0.2) is 23.0 Å². The summed E-state index contributed by atoms with van der Waals surface area (Å²) in [5, 5.41) is 11.6. The van der Waals surface area contributed by atoms with Crippen LogP contribution in [0.15, 0.2) is 6.07 Å². The van der Waals surface area contributed by atoms with Gasteiger partial charge in [-0.3, -0.25) is 4.79 Å². The molecule has 20 heavy (non-hydrogen) atoms. The first-order chi connectivity index (χ1) is 9.31. The van der Waals surface area contributed by atoms with Crippen molar-refractivity contribution in [2.45, 2.75) is 53.0 Å². The largest absolute Gasteiger partial charge is 0.480 e. The van der Waals surface area contributed by atoms with Gasteiger partial charge in [0.25, 0.3) is 0 Å². The van der Waals surface area contributed by atoms with Gasteiger partial charge in [-0.25, -0.2) is 4.79 Å². The van der Waals surface area contributed by atoms with Gasteiger partial charge in [-0.05, 0) is 44.2 Å². The van der Waals surface area contributed by atoms with Crippen LogP contribution < -0.4 is 5.32 Å². The standard InChI is InChI=1S/C15H23NO3S/c1-9(2)14(15(18)19)16-13(17)7-5-6-12-8-10(3)20-11(12)4/h8-9,14H,5-7H2,1-4H3,(H,16,17)(H,18,19). The minimum atomic E-state index is -0.974. The molecular weight excluding hydrogens is 274 g/mol. The number of nitrogens with one attached hydrogen (secondary N) is 1. The van der Waals surface area contributed by atoms with Crippen molar-refractivity contribution in [3.63, 3.8) is 0 Å². The number of carboxylic acids is 1. The molecule has 1 unspecified atom stereocenters. The highest BCUT2D eigenvalue weighted by atomic mass is 32.1. The van der Waals surface area contributed by atoms with Gasteiger partial charge >= 0.3 is 5.97 Å². The van der Waals surface area contributed by atoms with Crippen molar-refractivity contribution >= 4 is 23.2 Å². The van der Waals surface area contributed by atoms with Crippen molar-refractivity contribution in [2.75, 3.05) is 0 Å². The van der Waals surface area contributed by atoms with Gasteiger partial charge in [0.1, 0.15) is 6.04 Å². The summed E-state index contributed by atoms with van der Waals surface area (Å²) in [4.78, 5) is 25.4. The lowest BCUT2D eigenvalue weighted by atomic mass is 10.0. The van der Waals surface area contributed by atoms with Gasteiger partial charge in [-0.15, -0.1) is 11.3 Å². The molecule has 1 amide bonds. The van der Waals surface area contributed by atoms with Crippen LogP contribution >= 0.6 is 11.3 Å². The molecule has 1 atom stereocenters. The molecule has 2 N–H and O–H groups in total. The van der Waals surface area contributed by atoms with Gasteiger partial charge in [0.2, 0.25) is 5.91 Å². The van der Waals surface area contributed by atoms with Gasteiger partial charge in [0.15, 0.2) is 0 Å². The fourth-order valence-corrected chi connectivity index (χ4v) is 3.11. The average Bonchev–Trinajstić information content (AvgIpc) is 2.64. The molecule has 0 aliphatic rings. The average molecular weight is 297 g/mol. The van der Waals surface area contributed by atoms with E-state index in [-0.39, 0.29) is 11.8 Å². The Balaban J connectivity index is 2.40. The normalized spacial score (nSPS) is 12.4. The molecule has 112 valence electrons. The van der Waals surface area contributed by atoms with E-state index in [4.69, 9.17) is 5.11 Å². The summed E-state index contributed by atoms with van der Waals surface area (Å²) < 4.78 is 0. The molecule has 4 nitrogen and oxygen atoms in total. The van der Waals surface area contributed by atoms with E-state index in [1.807, 2.05) is 0 Å². The number of carboxylic acid groups (broad SMARTS) is 1. The van der Waals surface area contributed by atoms with Crippen molar-refractivity contribution in [1.82, 2.24) is 5.32 Å². The molecule has 0 bridgehead atoms. The van der Waals surface area contributed by atoms with Crippen LogP contribution in [0.2, 0.25) is 0 Å². The smallest absolute Gasteiger partial charge is 0.326 e. The number of amides is 1. The summed E-state index contributed by atoms with van der Waals surface area (Å²) in [5.41, 5.74) is 1.29. The Morgan fingerprint density at radius 2 is 2.00 bits per heavy atom. The molecule has 0 aliphatic heterocycles. The molecule has 0 fully saturated rings. The lowest BCUT2D eigenvalue weighted by Crippen LogP contribution is -2.44. The van der Waals surface area contributed by atoms with Crippen LogP contribution in [0.25, 0.3) is 0 Å². The quantitative estimate of drug-likeness (QED) is 0.813. The summed E-state index contributed by atoms with van der Waals surface area (Å²) in [5.74, 6) is -1.27. The van der Waals surface area contributed by atoms with E-state index < -0.39 is 12.0 Å². The zero-order valence-corrected chi connectivity index (χ0v) is 13.3. The summed E-state index contributed by atoms with van der Waals surface area (Å²) in [6, 6.07) is 1.36. The highest BCUT2D eigenvalue weighted by Crippen LogP contribution is 2.22. The Morgan fingerprint density at radius 1 is 1.35 bits per heavy atom. The van der Waals surface area contributed by atoms with Crippen molar-refractivity contribution in [3.05, 3.63) is 21.4 Å². The Bertz CT molecular complexity index is 479. The molecule has 0 aliphatic carbocycles. The number of thiophene rings is 1. The minimum absolute atomic E-state index is 0.113. The Hall–Kier alpha value is -1.36. The van der Waals surface area contributed by atoms with E-state index in [0.29, 0.717) is 6.42 Å². The third-order valence-electron chi connectivity index (χ3n) is 3.24. The maximum Gasteiger partial charge on any atom is 0.326 e. The number of hydrogen-bond acceptors (Lipinski definition) is 3. The zero-order valence-electron chi connectivity index (χ0n) is 12.5. The number of carbonyl (C=O) groups excluding carboxylic acids is 1. The third-order valence-corrected chi connectivity index (χ3v) is 4.25. The maximum atomic E-state index is 11.8. The van der Waals surface area contributed by atoms with Gasteiger partial charge in [0, 0.05) is 16.2 Å². The van der Waals surface area contributed by atoms with Crippen LogP contribution in [-0.2, 0) is 16.0 Å². The second-order valence-corrected chi connectivity index (χ2v) is 6.88. The van der Waals surface area contributed by atoms with E-state index in [2.05, 4.69) is 25.2 Å². The molecule has 0 saturated heterocycles. The summed E-state index contributed by atoms with van der Waals surface area (Å²) in [6.45, 7) is 7.74. The predicted molar refractivity (Wildman–Crippen MR) is 81.1 cm³/mol. The zero-order chi connectivity index (χ0) is 15.3. The van der Waals surface area contributed by atoms with E-state index >= 15 is 0 Å². The highest BCUT2D eigenvalue weighted by Gasteiger charge is 2.22. The monoisotopic (exact) mass is 297 g/mol. The molecule has 0 aromatic carbocycles. The fourth-order valence-electron chi connectivity index (χ4n) is 2.13. The minimum Gasteiger partial charge on any atom is -0.480 e. The van der Waals surface area contributed by atoms with Crippen LogP contribution in [0.3, 0.4) is 0 Å². The molecule has 0 saturated carbocycles. The molecule has 1 heterocycles. The number of hydrogen-bond donors (Lipinski definition) is 2. The molecule has 0 radical (unpaired) electrons. The fraction of sp³-hybridized carbons (Fsp3) is 0.600. The number of aryl methyl sites for hydroxylation is 3. The lowest BCUT2D eigenvalue weighted by Gasteiger charge is -2.17. The summed E-state index contributed by atoms with van der Waals surface area (Å²) >= 11 is 1.77. The number of aliphatic carboxylic acids is 1. The third kappa shape index (κ3) is 4.96. The first-order valence-electron chi connectivity index (χ1n) is 6.89. The van der Waals surface area contributed by atoms with Crippen LogP contribution in [0, 0.1) is 19.8 Å². The maximum absolute atomic E-state index is 11.8. The molecule has 5 heteroatoms. The molecule has 1 aromatic heterocycles. The highest BCUT2D eigenvalue weighted by molar-refractivity contribution is 7.12. The van der Waals surface area contributed by atoms with Gasteiger partial charge in [0.05, 0.1) is 0 Å². The Labute approximate surface area is 124 Å². The second-order valence-electron chi connectivity index (χ2n) is 5.42. The first kappa shape index (κ1) is 16.7. The molecular formula is C15H23NO3S. The Morgan fingerprint density at radius 3 is 2.45 bits per heavy atom. The van der Waals surface area contributed by atoms with E-state index in [0.717, 1.165) is 12.8 Å². The van der Waals surface area contributed by atoms with Crippen molar-refractivity contribution in [1.29, 1.82) is 0 Å². The topological polar surface area (TPSA) is 66.4 Å². The Kier molecular flexibility index (Phi) is 6.20. The van der Waals surface area contributed by atoms with Crippen molar-refractivity contribution in [2.24, 2.45) is 5.92 Å². The SMILES string of the molecule is Cc1cc(CCCC(=O)NC(C(=O)O)C(C)C)c(C)s1. The molecule has 1 aromatic rings. The van der Waals surface area contributed by atoms with E-state index in [9.17, 15) is 9.59 Å². The number of rotatable bonds is 7. The lowest BCUT2D eigenvalue weighted by molar-refractivity contribution is -0.143. The van der Waals surface area contributed by atoms with Gasteiger partial charge in [-0.2, -0.15) is 0 Å². The van der Waals surface area contributed by atoms with Gasteiger partial charge in [-0.1, -0.05) is 13.8 Å². The second kappa shape index (κ2) is 7.43. The molecule has 0 spiro atoms. The van der Waals surface area contributed by atoms with Crippen LogP contribution in [0.5, 0.6) is 0 Å². The summed E-state index contributed by atoms with van der Waals surface area (Å²) in [7, 11) is 0. The van der Waals surface area contributed by atoms with Crippen LogP contribution in [0.4, 0.5) is 0 Å². The van der Waals surface area contributed by atoms with Crippen molar-refractivity contribution < 1.29 is 14.7 Å². The van der Waals surface area contributed by atoms with E-state index in [1.54, 1.807) is 25.2 Å². The van der Waals surface area contributed by atoms with E-state index in [1.165, 1.54) is 15.3 Å². The predicted octanol–water partition coefficient (Wildman–Crippen LogP) is 2.91. The van der Waals surface area contributed by atoms with Gasteiger partial charge < -0.3 is 10.4 Å².